The van der Waals surface area contributed by atoms with Crippen molar-refractivity contribution in [2.45, 2.75) is 25.4 Å². The number of amides is 1. The fourth-order valence-electron chi connectivity index (χ4n) is 2.81. The number of aromatic nitrogens is 2. The number of para-hydroxylation sites is 2. The number of imidazole rings is 1. The molecule has 3 aromatic rings. The molecule has 0 radical (unpaired) electrons. The zero-order chi connectivity index (χ0) is 17.6. The Morgan fingerprint density at radius 1 is 1.15 bits per heavy atom. The van der Waals surface area contributed by atoms with E-state index in [1.807, 2.05) is 28.8 Å². The number of nitrogens with zero attached hydrogens (tertiary/aromatic N) is 2. The number of hydrogen-bond acceptors (Lipinski definition) is 3. The molecular weight excluding hydrogens is 390 g/mol. The molecule has 27 heavy (non-hydrogen) atoms. The average molecular weight is 413 g/mol. The van der Waals surface area contributed by atoms with E-state index in [2.05, 4.69) is 10.3 Å². The summed E-state index contributed by atoms with van der Waals surface area (Å²) >= 11 is 0. The van der Waals surface area contributed by atoms with Crippen molar-refractivity contribution < 1.29 is 9.18 Å². The third kappa shape index (κ3) is 5.92. The van der Waals surface area contributed by atoms with Gasteiger partial charge in [-0.15, -0.1) is 24.8 Å². The average Bonchev–Trinajstić information content (AvgIpc) is 3.03. The first-order valence-corrected chi connectivity index (χ1v) is 8.32. The van der Waals surface area contributed by atoms with Crippen molar-refractivity contribution in [3.8, 4) is 0 Å². The van der Waals surface area contributed by atoms with Crippen LogP contribution in [0.4, 0.5) is 4.39 Å². The second-order valence-corrected chi connectivity index (χ2v) is 5.95. The molecule has 0 saturated carbocycles. The number of fused-ring (bicyclic) bond motifs is 1. The lowest BCUT2D eigenvalue weighted by molar-refractivity contribution is -0.122. The Bertz CT molecular complexity index is 854. The molecule has 1 heterocycles. The molecular formula is C19H23Cl2FN4O. The first kappa shape index (κ1) is 22.9. The molecule has 0 bridgehead atoms. The van der Waals surface area contributed by atoms with Crippen LogP contribution in [0.1, 0.15) is 24.4 Å². The predicted molar refractivity (Wildman–Crippen MR) is 110 cm³/mol. The van der Waals surface area contributed by atoms with Gasteiger partial charge in [0, 0.05) is 13.0 Å². The summed E-state index contributed by atoms with van der Waals surface area (Å²) in [6.45, 7) is 0.987. The molecule has 0 fully saturated rings. The summed E-state index contributed by atoms with van der Waals surface area (Å²) in [5.74, 6) is -0.366. The Balaban J connectivity index is 0.00000182. The molecule has 2 aromatic carbocycles. The second-order valence-electron chi connectivity index (χ2n) is 5.95. The van der Waals surface area contributed by atoms with Crippen molar-refractivity contribution in [1.82, 2.24) is 14.9 Å². The van der Waals surface area contributed by atoms with Gasteiger partial charge in [-0.3, -0.25) is 4.79 Å². The van der Waals surface area contributed by atoms with Gasteiger partial charge in [0.15, 0.2) is 0 Å². The maximum absolute atomic E-state index is 13.2. The number of halogens is 3. The fourth-order valence-corrected chi connectivity index (χ4v) is 2.81. The molecule has 8 heteroatoms. The fraction of sp³-hybridized carbons (Fsp3) is 0.263. The minimum Gasteiger partial charge on any atom is -0.347 e. The minimum atomic E-state index is -0.301. The summed E-state index contributed by atoms with van der Waals surface area (Å²) in [7, 11) is 0. The molecule has 0 aliphatic rings. The summed E-state index contributed by atoms with van der Waals surface area (Å²) in [4.78, 5) is 16.6. The van der Waals surface area contributed by atoms with Crippen LogP contribution in [0.5, 0.6) is 0 Å². The quantitative estimate of drug-likeness (QED) is 0.622. The lowest BCUT2D eigenvalue weighted by Crippen LogP contribution is -2.31. The van der Waals surface area contributed by atoms with Gasteiger partial charge in [0.1, 0.15) is 5.82 Å². The van der Waals surface area contributed by atoms with Crippen molar-refractivity contribution in [2.24, 2.45) is 5.73 Å². The van der Waals surface area contributed by atoms with Crippen LogP contribution in [-0.4, -0.2) is 22.0 Å². The molecule has 146 valence electrons. The van der Waals surface area contributed by atoms with Crippen LogP contribution in [0, 0.1) is 5.82 Å². The van der Waals surface area contributed by atoms with Crippen molar-refractivity contribution in [3.63, 3.8) is 0 Å². The van der Waals surface area contributed by atoms with Crippen LogP contribution in [0.3, 0.4) is 0 Å². The number of benzene rings is 2. The van der Waals surface area contributed by atoms with Crippen LogP contribution in [-0.2, 0) is 11.3 Å². The first-order valence-electron chi connectivity index (χ1n) is 8.32. The van der Waals surface area contributed by atoms with Crippen LogP contribution in [0.2, 0.25) is 0 Å². The van der Waals surface area contributed by atoms with Crippen LogP contribution in [0.15, 0.2) is 54.9 Å². The molecule has 5 nitrogen and oxygen atoms in total. The molecule has 0 saturated heterocycles. The van der Waals surface area contributed by atoms with Crippen LogP contribution >= 0.6 is 24.8 Å². The molecule has 1 unspecified atom stereocenters. The monoisotopic (exact) mass is 412 g/mol. The Morgan fingerprint density at radius 3 is 2.56 bits per heavy atom. The number of rotatable bonds is 7. The Hall–Kier alpha value is -2.15. The zero-order valence-corrected chi connectivity index (χ0v) is 16.3. The van der Waals surface area contributed by atoms with Crippen molar-refractivity contribution >= 4 is 41.8 Å². The standard InChI is InChI=1S/C19H21FN4O.2ClH/c20-15-9-7-14(8-10-15)17(23-19(25)6-3-11-21)12-24-13-22-16-4-1-2-5-18(16)24;;/h1-2,4-5,7-10,13,17H,3,6,11-12,21H2,(H,23,25);2*1H. The summed E-state index contributed by atoms with van der Waals surface area (Å²) in [6, 6.07) is 13.7. The zero-order valence-electron chi connectivity index (χ0n) is 14.7. The molecule has 3 N–H and O–H groups in total. The molecule has 3 rings (SSSR count). The van der Waals surface area contributed by atoms with Gasteiger partial charge >= 0.3 is 0 Å². The van der Waals surface area contributed by atoms with E-state index < -0.39 is 0 Å². The summed E-state index contributed by atoms with van der Waals surface area (Å²) in [5, 5.41) is 3.03. The van der Waals surface area contributed by atoms with Gasteiger partial charge < -0.3 is 15.6 Å². The van der Waals surface area contributed by atoms with E-state index in [0.29, 0.717) is 25.9 Å². The number of hydrogen-bond donors (Lipinski definition) is 2. The van der Waals surface area contributed by atoms with E-state index in [1.165, 1.54) is 12.1 Å². The molecule has 1 amide bonds. The highest BCUT2D eigenvalue weighted by Crippen LogP contribution is 2.20. The number of nitrogens with one attached hydrogen (secondary N) is 1. The van der Waals surface area contributed by atoms with Crippen molar-refractivity contribution in [2.75, 3.05) is 6.54 Å². The van der Waals surface area contributed by atoms with Gasteiger partial charge in [-0.1, -0.05) is 24.3 Å². The van der Waals surface area contributed by atoms with Gasteiger partial charge in [-0.25, -0.2) is 9.37 Å². The third-order valence-corrected chi connectivity index (χ3v) is 4.12. The Labute approximate surface area is 170 Å². The second kappa shape index (κ2) is 10.9. The van der Waals surface area contributed by atoms with E-state index in [1.54, 1.807) is 18.5 Å². The van der Waals surface area contributed by atoms with Crippen LogP contribution < -0.4 is 11.1 Å². The van der Waals surface area contributed by atoms with Crippen LogP contribution in [0.25, 0.3) is 11.0 Å². The highest BCUT2D eigenvalue weighted by atomic mass is 35.5. The van der Waals surface area contributed by atoms with E-state index >= 15 is 0 Å². The van der Waals surface area contributed by atoms with E-state index in [-0.39, 0.29) is 42.6 Å². The minimum absolute atomic E-state index is 0. The SMILES string of the molecule is Cl.Cl.NCCCC(=O)NC(Cn1cnc2ccccc21)c1ccc(F)cc1. The maximum atomic E-state index is 13.2. The Morgan fingerprint density at radius 2 is 1.85 bits per heavy atom. The summed E-state index contributed by atoms with van der Waals surface area (Å²) < 4.78 is 15.2. The highest BCUT2D eigenvalue weighted by molar-refractivity contribution is 5.85. The number of carbonyl (C=O) groups excluding carboxylic acids is 1. The molecule has 0 aliphatic heterocycles. The topological polar surface area (TPSA) is 72.9 Å². The van der Waals surface area contributed by atoms with Gasteiger partial charge in [0.25, 0.3) is 0 Å². The molecule has 1 atom stereocenters. The Kier molecular flexibility index (Phi) is 9.21. The number of carbonyl (C=O) groups is 1. The van der Waals surface area contributed by atoms with E-state index in [9.17, 15) is 9.18 Å². The lowest BCUT2D eigenvalue weighted by atomic mass is 10.1. The van der Waals surface area contributed by atoms with E-state index in [4.69, 9.17) is 5.73 Å². The van der Waals surface area contributed by atoms with Gasteiger partial charge in [-0.05, 0) is 42.8 Å². The smallest absolute Gasteiger partial charge is 0.220 e. The molecule has 1 aromatic heterocycles. The number of nitrogens with two attached hydrogens (primary N) is 1. The van der Waals surface area contributed by atoms with Gasteiger partial charge in [0.05, 0.1) is 23.4 Å². The molecule has 0 spiro atoms. The summed E-state index contributed by atoms with van der Waals surface area (Å²) in [6.07, 6.45) is 2.77. The van der Waals surface area contributed by atoms with Gasteiger partial charge in [-0.2, -0.15) is 0 Å². The highest BCUT2D eigenvalue weighted by Gasteiger charge is 2.16. The van der Waals surface area contributed by atoms with Crippen molar-refractivity contribution in [3.05, 3.63) is 66.2 Å². The van der Waals surface area contributed by atoms with E-state index in [0.717, 1.165) is 16.6 Å². The maximum Gasteiger partial charge on any atom is 0.220 e. The lowest BCUT2D eigenvalue weighted by Gasteiger charge is -2.20. The van der Waals surface area contributed by atoms with Gasteiger partial charge in [0.2, 0.25) is 5.91 Å². The van der Waals surface area contributed by atoms with Crippen molar-refractivity contribution in [1.29, 1.82) is 0 Å². The normalized spacial score (nSPS) is 11.3. The first-order chi connectivity index (χ1) is 12.2. The molecule has 0 aliphatic carbocycles. The largest absolute Gasteiger partial charge is 0.347 e. The predicted octanol–water partition coefficient (Wildman–Crippen LogP) is 3.62. The summed E-state index contributed by atoms with van der Waals surface area (Å²) in [5.41, 5.74) is 8.21. The third-order valence-electron chi connectivity index (χ3n) is 4.12.